The summed E-state index contributed by atoms with van der Waals surface area (Å²) < 4.78 is 1.10. The molecule has 1 aliphatic rings. The van der Waals surface area contributed by atoms with Gasteiger partial charge >= 0.3 is 0 Å². The zero-order valence-electron chi connectivity index (χ0n) is 28.2. The molecule has 1 aliphatic heterocycles. The molecule has 0 aromatic heterocycles. The minimum Gasteiger partial charge on any atom is -0.251 e. The zero-order valence-corrected chi connectivity index (χ0v) is 28.2. The van der Waals surface area contributed by atoms with Crippen molar-refractivity contribution < 1.29 is 4.48 Å². The summed E-state index contributed by atoms with van der Waals surface area (Å²) in [4.78, 5) is 4.99. The number of unbranched alkanes of at least 4 members (excludes halogenated alkanes) is 26. The van der Waals surface area contributed by atoms with Crippen LogP contribution < -0.4 is 0 Å². The quantitative estimate of drug-likeness (QED) is 0.0574. The van der Waals surface area contributed by atoms with Crippen molar-refractivity contribution in [3.8, 4) is 0 Å². The van der Waals surface area contributed by atoms with Crippen LogP contribution in [0.1, 0.15) is 213 Å². The molecule has 0 radical (unpaired) electrons. The van der Waals surface area contributed by atoms with Gasteiger partial charge in [0.15, 0.2) is 0 Å². The molecule has 0 spiro atoms. The molecule has 0 saturated heterocycles. The summed E-state index contributed by atoms with van der Waals surface area (Å²) >= 11 is 0. The van der Waals surface area contributed by atoms with Crippen molar-refractivity contribution in [3.63, 3.8) is 0 Å². The first-order chi connectivity index (χ1) is 19.8. The summed E-state index contributed by atoms with van der Waals surface area (Å²) in [7, 11) is 0. The predicted molar refractivity (Wildman–Crippen MR) is 182 cm³/mol. The van der Waals surface area contributed by atoms with Crippen molar-refractivity contribution in [2.24, 2.45) is 4.99 Å². The first-order valence-electron chi connectivity index (χ1n) is 18.9. The molecule has 1 heterocycles. The minimum atomic E-state index is 1.10. The third-order valence-corrected chi connectivity index (χ3v) is 9.41. The number of quaternary nitrogens is 1. The zero-order chi connectivity index (χ0) is 28.8. The molecule has 0 bridgehead atoms. The largest absolute Gasteiger partial charge is 0.251 e. The summed E-state index contributed by atoms with van der Waals surface area (Å²) in [6.45, 7) is 9.52. The van der Waals surface area contributed by atoms with Crippen molar-refractivity contribution in [3.05, 3.63) is 12.4 Å². The van der Waals surface area contributed by atoms with E-state index in [-0.39, 0.29) is 0 Å². The Hall–Kier alpha value is -0.630. The van der Waals surface area contributed by atoms with E-state index < -0.39 is 0 Å². The molecule has 236 valence electrons. The van der Waals surface area contributed by atoms with Crippen LogP contribution in [0.25, 0.3) is 0 Å². The molecule has 0 saturated carbocycles. The molecule has 0 N–H and O–H groups in total. The van der Waals surface area contributed by atoms with Gasteiger partial charge in [0.25, 0.3) is 0 Å². The second kappa shape index (κ2) is 28.5. The van der Waals surface area contributed by atoms with Gasteiger partial charge in [-0.1, -0.05) is 175 Å². The van der Waals surface area contributed by atoms with Gasteiger partial charge in [-0.25, -0.2) is 4.99 Å². The van der Waals surface area contributed by atoms with Gasteiger partial charge in [-0.05, 0) is 32.1 Å². The van der Waals surface area contributed by atoms with Gasteiger partial charge in [0.2, 0.25) is 5.84 Å². The van der Waals surface area contributed by atoms with Crippen LogP contribution in [0.2, 0.25) is 0 Å². The predicted octanol–water partition coefficient (Wildman–Crippen LogP) is 13.4. The summed E-state index contributed by atoms with van der Waals surface area (Å²) in [5.74, 6) is 1.50. The first-order valence-corrected chi connectivity index (χ1v) is 18.9. The van der Waals surface area contributed by atoms with Gasteiger partial charge in [0.1, 0.15) is 6.20 Å². The van der Waals surface area contributed by atoms with Crippen LogP contribution in [0, 0.1) is 0 Å². The molecule has 0 aliphatic carbocycles. The Morgan fingerprint density at radius 2 is 0.700 bits per heavy atom. The lowest BCUT2D eigenvalue weighted by Crippen LogP contribution is -2.48. The van der Waals surface area contributed by atoms with E-state index >= 15 is 0 Å². The van der Waals surface area contributed by atoms with Gasteiger partial charge in [-0.15, -0.1) is 0 Å². The van der Waals surface area contributed by atoms with Crippen molar-refractivity contribution in [2.45, 2.75) is 213 Å². The van der Waals surface area contributed by atoms with E-state index in [4.69, 9.17) is 4.99 Å². The SMILES string of the molecule is CCCCCCCCCCCC[N+]1(CCCCCCCCCCCC)C=CN=C1CCCCCCCCCCC. The molecule has 0 aromatic carbocycles. The molecule has 0 aromatic rings. The average molecular weight is 560 g/mol. The summed E-state index contributed by atoms with van der Waals surface area (Å²) in [6.07, 6.45) is 47.1. The molecule has 0 atom stereocenters. The standard InChI is InChI=1S/C38H75N2/c1-4-7-10-13-16-19-22-25-28-31-35-40(36-32-29-26-23-20-17-14-11-8-5-2)37-34-39-38(40)33-30-27-24-21-18-15-12-9-6-3/h34,37H,4-33,35-36H2,1-3H3/q+1. The second-order valence-corrected chi connectivity index (χ2v) is 13.3. The Balaban J connectivity index is 2.35. The maximum atomic E-state index is 4.99. The van der Waals surface area contributed by atoms with Crippen molar-refractivity contribution in [1.29, 1.82) is 0 Å². The molecular formula is C38H75N2+. The van der Waals surface area contributed by atoms with Crippen molar-refractivity contribution in [2.75, 3.05) is 13.1 Å². The van der Waals surface area contributed by atoms with Gasteiger partial charge in [0, 0.05) is 6.42 Å². The minimum absolute atomic E-state index is 1.10. The fourth-order valence-electron chi connectivity index (χ4n) is 6.61. The highest BCUT2D eigenvalue weighted by molar-refractivity contribution is 5.78. The molecular weight excluding hydrogens is 484 g/mol. The topological polar surface area (TPSA) is 12.4 Å². The Morgan fingerprint density at radius 1 is 0.400 bits per heavy atom. The summed E-state index contributed by atoms with van der Waals surface area (Å²) in [5.41, 5.74) is 0. The van der Waals surface area contributed by atoms with Crippen molar-refractivity contribution in [1.82, 2.24) is 0 Å². The Morgan fingerprint density at radius 3 is 1.05 bits per heavy atom. The molecule has 2 nitrogen and oxygen atoms in total. The summed E-state index contributed by atoms with van der Waals surface area (Å²) in [6, 6.07) is 0. The lowest BCUT2D eigenvalue weighted by atomic mass is 10.0. The number of hydrogen-bond donors (Lipinski definition) is 0. The van der Waals surface area contributed by atoms with Crippen molar-refractivity contribution >= 4 is 5.84 Å². The maximum Gasteiger partial charge on any atom is 0.207 e. The van der Waals surface area contributed by atoms with E-state index in [1.165, 1.54) is 212 Å². The monoisotopic (exact) mass is 560 g/mol. The van der Waals surface area contributed by atoms with Crippen LogP contribution in [0.3, 0.4) is 0 Å². The van der Waals surface area contributed by atoms with E-state index in [0.717, 1.165) is 4.48 Å². The molecule has 1 rings (SSSR count). The molecule has 2 heteroatoms. The van der Waals surface area contributed by atoms with E-state index in [1.807, 2.05) is 0 Å². The van der Waals surface area contributed by atoms with Crippen LogP contribution in [0.5, 0.6) is 0 Å². The van der Waals surface area contributed by atoms with E-state index in [2.05, 4.69) is 33.2 Å². The number of amidine groups is 1. The van der Waals surface area contributed by atoms with Crippen LogP contribution in [-0.4, -0.2) is 23.4 Å². The molecule has 0 amide bonds. The van der Waals surface area contributed by atoms with Crippen LogP contribution in [-0.2, 0) is 0 Å². The highest BCUT2D eigenvalue weighted by Gasteiger charge is 2.33. The smallest absolute Gasteiger partial charge is 0.207 e. The number of hydrogen-bond acceptors (Lipinski definition) is 1. The third kappa shape index (κ3) is 20.3. The third-order valence-electron chi connectivity index (χ3n) is 9.41. The number of rotatable bonds is 32. The molecule has 0 unspecified atom stereocenters. The fraction of sp³-hybridized carbons (Fsp3) is 0.921. The Bertz CT molecular complexity index is 554. The average Bonchev–Trinajstić information content (AvgIpc) is 3.36. The van der Waals surface area contributed by atoms with Gasteiger partial charge in [0.05, 0.1) is 19.3 Å². The van der Waals surface area contributed by atoms with Crippen LogP contribution in [0.15, 0.2) is 17.4 Å². The second-order valence-electron chi connectivity index (χ2n) is 13.3. The van der Waals surface area contributed by atoms with E-state index in [0.29, 0.717) is 0 Å². The molecule has 40 heavy (non-hydrogen) atoms. The fourth-order valence-corrected chi connectivity index (χ4v) is 6.61. The maximum absolute atomic E-state index is 4.99. The van der Waals surface area contributed by atoms with Gasteiger partial charge in [-0.3, -0.25) is 4.48 Å². The highest BCUT2D eigenvalue weighted by atomic mass is 15.4. The van der Waals surface area contributed by atoms with Crippen LogP contribution in [0.4, 0.5) is 0 Å². The van der Waals surface area contributed by atoms with E-state index in [9.17, 15) is 0 Å². The van der Waals surface area contributed by atoms with Gasteiger partial charge < -0.3 is 0 Å². The Kier molecular flexibility index (Phi) is 26.6. The highest BCUT2D eigenvalue weighted by Crippen LogP contribution is 2.25. The lowest BCUT2D eigenvalue weighted by Gasteiger charge is -2.33. The number of nitrogens with zero attached hydrogens (tertiary/aromatic N) is 2. The van der Waals surface area contributed by atoms with Gasteiger partial charge in [-0.2, -0.15) is 0 Å². The normalized spacial score (nSPS) is 14.3. The Labute approximate surface area is 253 Å². The van der Waals surface area contributed by atoms with Crippen LogP contribution >= 0.6 is 0 Å². The van der Waals surface area contributed by atoms with E-state index in [1.54, 1.807) is 0 Å². The first kappa shape index (κ1) is 37.4. The summed E-state index contributed by atoms with van der Waals surface area (Å²) in [5, 5.41) is 0. The molecule has 0 fully saturated rings. The lowest BCUT2D eigenvalue weighted by molar-refractivity contribution is -0.788. The number of aliphatic imine (C=N–C) groups is 1.